The molecule has 0 heterocycles. The number of benzene rings is 1. The van der Waals surface area contributed by atoms with Gasteiger partial charge in [-0.05, 0) is 24.6 Å². The number of methoxy groups -OCH3 is 2. The van der Waals surface area contributed by atoms with E-state index in [1.807, 2.05) is 6.92 Å². The number of phenols is 2. The largest absolute Gasteiger partial charge is 0.504 e. The van der Waals surface area contributed by atoms with Gasteiger partial charge in [0.15, 0.2) is 17.8 Å². The molecule has 0 saturated heterocycles. The number of aromatic hydroxyl groups is 2. The van der Waals surface area contributed by atoms with E-state index in [4.69, 9.17) is 9.47 Å². The maximum Gasteiger partial charge on any atom is 0.169 e. The number of ether oxygens (including phenoxy) is 2. The Morgan fingerprint density at radius 2 is 1.78 bits per heavy atom. The van der Waals surface area contributed by atoms with E-state index >= 15 is 0 Å². The number of phenolic OH excluding ortho intramolecular Hbond substituents is 2. The molecule has 0 aliphatic carbocycles. The van der Waals surface area contributed by atoms with Crippen LogP contribution < -0.4 is 5.32 Å². The Hall–Kier alpha value is -1.01. The van der Waals surface area contributed by atoms with E-state index in [1.54, 1.807) is 20.3 Å². The van der Waals surface area contributed by atoms with Crippen molar-refractivity contribution in [2.24, 2.45) is 0 Å². The average Bonchev–Trinajstić information content (AvgIpc) is 2.33. The van der Waals surface area contributed by atoms with Crippen LogP contribution in [-0.2, 0) is 9.47 Å². The summed E-state index contributed by atoms with van der Waals surface area (Å²) in [7, 11) is 3.15. The fourth-order valence-electron chi connectivity index (χ4n) is 1.46. The van der Waals surface area contributed by atoms with Crippen molar-refractivity contribution in [2.45, 2.75) is 19.3 Å². The SMILES string of the molecule is COC(CNC(C)c1ccc(O)c(O)c1)OC.Cl. The molecule has 1 aromatic rings. The van der Waals surface area contributed by atoms with Gasteiger partial charge in [-0.15, -0.1) is 12.4 Å². The minimum atomic E-state index is -0.303. The Balaban J connectivity index is 0.00000289. The normalized spacial score (nSPS) is 12.2. The molecular formula is C12H20ClNO4. The lowest BCUT2D eigenvalue weighted by Gasteiger charge is -2.19. The maximum absolute atomic E-state index is 9.39. The second-order valence-electron chi connectivity index (χ2n) is 3.78. The van der Waals surface area contributed by atoms with Crippen LogP contribution in [0.3, 0.4) is 0 Å². The van der Waals surface area contributed by atoms with E-state index in [9.17, 15) is 10.2 Å². The van der Waals surface area contributed by atoms with Gasteiger partial charge in [0.2, 0.25) is 0 Å². The van der Waals surface area contributed by atoms with Gasteiger partial charge in [-0.2, -0.15) is 0 Å². The van der Waals surface area contributed by atoms with Gasteiger partial charge in [-0.3, -0.25) is 0 Å². The standard InChI is InChI=1S/C12H19NO4.ClH/c1-8(13-7-12(16-2)17-3)9-4-5-10(14)11(15)6-9;/h4-6,8,12-15H,7H2,1-3H3;1H. The Morgan fingerprint density at radius 1 is 1.17 bits per heavy atom. The Kier molecular flexibility index (Phi) is 7.70. The molecule has 0 aliphatic heterocycles. The molecule has 6 heteroatoms. The molecule has 1 rings (SSSR count). The lowest BCUT2D eigenvalue weighted by Crippen LogP contribution is -2.31. The first kappa shape index (κ1) is 17.0. The third-order valence-electron chi connectivity index (χ3n) is 2.62. The zero-order chi connectivity index (χ0) is 12.8. The van der Waals surface area contributed by atoms with Gasteiger partial charge < -0.3 is 25.0 Å². The second kappa shape index (κ2) is 8.16. The lowest BCUT2D eigenvalue weighted by molar-refractivity contribution is -0.0997. The van der Waals surface area contributed by atoms with Gasteiger partial charge in [0, 0.05) is 26.8 Å². The Bertz CT molecular complexity index is 358. The molecule has 0 bridgehead atoms. The number of nitrogens with one attached hydrogen (secondary N) is 1. The summed E-state index contributed by atoms with van der Waals surface area (Å²) in [5, 5.41) is 21.8. The van der Waals surface area contributed by atoms with Crippen LogP contribution >= 0.6 is 12.4 Å². The van der Waals surface area contributed by atoms with Crippen LogP contribution in [0.5, 0.6) is 11.5 Å². The average molecular weight is 278 g/mol. The molecule has 0 spiro atoms. The molecule has 104 valence electrons. The lowest BCUT2D eigenvalue weighted by atomic mass is 10.1. The van der Waals surface area contributed by atoms with Crippen LogP contribution in [0.25, 0.3) is 0 Å². The molecule has 0 aromatic heterocycles. The van der Waals surface area contributed by atoms with Crippen molar-refractivity contribution in [3.63, 3.8) is 0 Å². The summed E-state index contributed by atoms with van der Waals surface area (Å²) in [4.78, 5) is 0. The highest BCUT2D eigenvalue weighted by atomic mass is 35.5. The van der Waals surface area contributed by atoms with E-state index in [2.05, 4.69) is 5.32 Å². The first-order valence-corrected chi connectivity index (χ1v) is 5.39. The first-order chi connectivity index (χ1) is 8.08. The molecule has 3 N–H and O–H groups in total. The van der Waals surface area contributed by atoms with Crippen molar-refractivity contribution < 1.29 is 19.7 Å². The maximum atomic E-state index is 9.39. The molecule has 0 saturated carbocycles. The molecular weight excluding hydrogens is 258 g/mol. The van der Waals surface area contributed by atoms with Crippen molar-refractivity contribution >= 4 is 12.4 Å². The third-order valence-corrected chi connectivity index (χ3v) is 2.62. The monoisotopic (exact) mass is 277 g/mol. The second-order valence-corrected chi connectivity index (χ2v) is 3.78. The van der Waals surface area contributed by atoms with Crippen molar-refractivity contribution in [2.75, 3.05) is 20.8 Å². The molecule has 0 fully saturated rings. The smallest absolute Gasteiger partial charge is 0.169 e. The first-order valence-electron chi connectivity index (χ1n) is 5.39. The minimum Gasteiger partial charge on any atom is -0.504 e. The highest BCUT2D eigenvalue weighted by Crippen LogP contribution is 2.27. The van der Waals surface area contributed by atoms with Crippen molar-refractivity contribution in [1.82, 2.24) is 5.32 Å². The van der Waals surface area contributed by atoms with E-state index in [-0.39, 0.29) is 36.2 Å². The van der Waals surface area contributed by atoms with Crippen molar-refractivity contribution in [3.8, 4) is 11.5 Å². The summed E-state index contributed by atoms with van der Waals surface area (Å²) in [6.07, 6.45) is -0.303. The molecule has 1 atom stereocenters. The zero-order valence-corrected chi connectivity index (χ0v) is 11.5. The van der Waals surface area contributed by atoms with Crippen LogP contribution in [0.2, 0.25) is 0 Å². The van der Waals surface area contributed by atoms with Crippen LogP contribution in [-0.4, -0.2) is 37.3 Å². The number of hydrogen-bond acceptors (Lipinski definition) is 5. The van der Waals surface area contributed by atoms with Crippen LogP contribution in [0.15, 0.2) is 18.2 Å². The molecule has 18 heavy (non-hydrogen) atoms. The predicted octanol–water partition coefficient (Wildman–Crippen LogP) is 1.79. The Labute approximate surface area is 113 Å². The highest BCUT2D eigenvalue weighted by molar-refractivity contribution is 5.85. The van der Waals surface area contributed by atoms with Crippen LogP contribution in [0.4, 0.5) is 0 Å². The number of hydrogen-bond donors (Lipinski definition) is 3. The van der Waals surface area contributed by atoms with E-state index < -0.39 is 0 Å². The van der Waals surface area contributed by atoms with Crippen LogP contribution in [0.1, 0.15) is 18.5 Å². The van der Waals surface area contributed by atoms with Crippen molar-refractivity contribution in [3.05, 3.63) is 23.8 Å². The van der Waals surface area contributed by atoms with Crippen molar-refractivity contribution in [1.29, 1.82) is 0 Å². The molecule has 0 aliphatic rings. The third kappa shape index (κ3) is 4.70. The fourth-order valence-corrected chi connectivity index (χ4v) is 1.46. The fraction of sp³-hybridized carbons (Fsp3) is 0.500. The van der Waals surface area contributed by atoms with Gasteiger partial charge in [0.25, 0.3) is 0 Å². The molecule has 0 radical (unpaired) electrons. The van der Waals surface area contributed by atoms with Crippen LogP contribution in [0, 0.1) is 0 Å². The summed E-state index contributed by atoms with van der Waals surface area (Å²) < 4.78 is 10.1. The van der Waals surface area contributed by atoms with E-state index in [1.165, 1.54) is 12.1 Å². The molecule has 1 unspecified atom stereocenters. The molecule has 0 amide bonds. The quantitative estimate of drug-likeness (QED) is 0.546. The summed E-state index contributed by atoms with van der Waals surface area (Å²) in [6, 6.07) is 4.77. The Morgan fingerprint density at radius 3 is 2.28 bits per heavy atom. The van der Waals surface area contributed by atoms with E-state index in [0.717, 1.165) is 5.56 Å². The minimum absolute atomic E-state index is 0. The zero-order valence-electron chi connectivity index (χ0n) is 10.7. The molecule has 1 aromatic carbocycles. The summed E-state index contributed by atoms with van der Waals surface area (Å²) >= 11 is 0. The topological polar surface area (TPSA) is 71.0 Å². The summed E-state index contributed by atoms with van der Waals surface area (Å²) in [5.74, 6) is -0.237. The summed E-state index contributed by atoms with van der Waals surface area (Å²) in [5.41, 5.74) is 0.881. The van der Waals surface area contributed by atoms with Gasteiger partial charge in [-0.25, -0.2) is 0 Å². The predicted molar refractivity (Wildman–Crippen MR) is 71.2 cm³/mol. The van der Waals surface area contributed by atoms with E-state index in [0.29, 0.717) is 6.54 Å². The van der Waals surface area contributed by atoms with Gasteiger partial charge in [0.05, 0.1) is 0 Å². The van der Waals surface area contributed by atoms with Gasteiger partial charge >= 0.3 is 0 Å². The van der Waals surface area contributed by atoms with Gasteiger partial charge in [0.1, 0.15) is 0 Å². The van der Waals surface area contributed by atoms with Gasteiger partial charge in [-0.1, -0.05) is 6.07 Å². The summed E-state index contributed by atoms with van der Waals surface area (Å²) in [6.45, 7) is 2.49. The highest BCUT2D eigenvalue weighted by Gasteiger charge is 2.11. The number of halogens is 1. The molecule has 5 nitrogen and oxygen atoms in total. The number of rotatable bonds is 6.